The highest BCUT2D eigenvalue weighted by Gasteiger charge is 2.16. The molecule has 0 aromatic heterocycles. The zero-order chi connectivity index (χ0) is 7.11. The highest BCUT2D eigenvalue weighted by molar-refractivity contribution is 7.33. The summed E-state index contributed by atoms with van der Waals surface area (Å²) in [5.41, 5.74) is 0. The first-order valence-corrected chi connectivity index (χ1v) is 3.36. The van der Waals surface area contributed by atoms with Crippen molar-refractivity contribution in [1.29, 1.82) is 0 Å². The Labute approximate surface area is 54.5 Å². The fraction of sp³-hybridized carbons (Fsp3) is 0.750. The predicted molar refractivity (Wildman–Crippen MR) is 33.7 cm³/mol. The zero-order valence-electron chi connectivity index (χ0n) is 5.33. The average Bonchev–Trinajstić information content (AvgIpc) is 1.89. The molecule has 0 radical (unpaired) electrons. The van der Waals surface area contributed by atoms with E-state index in [-0.39, 0.29) is 6.61 Å². The van der Waals surface area contributed by atoms with Gasteiger partial charge in [-0.15, -0.1) is 4.52 Å². The number of hydrogen-bond acceptors (Lipinski definition) is 3. The molecule has 0 fully saturated rings. The third kappa shape index (κ3) is 5.38. The minimum Gasteiger partial charge on any atom is -0.122 e. The summed E-state index contributed by atoms with van der Waals surface area (Å²) in [4.78, 5) is 3.48. The van der Waals surface area contributed by atoms with E-state index >= 15 is 0 Å². The Balaban J connectivity index is 3.24. The van der Waals surface area contributed by atoms with E-state index in [4.69, 9.17) is 0 Å². The molecular weight excluding hydrogens is 141 g/mol. The Kier molecular flexibility index (Phi) is 5.34. The van der Waals surface area contributed by atoms with E-state index in [1.165, 1.54) is 7.11 Å². The quantitative estimate of drug-likeness (QED) is 0.567. The standard InChI is InChI=1S/C4H8NO3P/c1-5-3-4-8-9(6)7-2/h4H2,1-2H3/q+2. The van der Waals surface area contributed by atoms with Gasteiger partial charge < -0.3 is 0 Å². The van der Waals surface area contributed by atoms with Gasteiger partial charge in [-0.1, -0.05) is 9.37 Å². The largest absolute Gasteiger partial charge is 0.698 e. The molecule has 0 aromatic carbocycles. The molecule has 0 rings (SSSR count). The molecule has 0 N–H and O–H groups in total. The van der Waals surface area contributed by atoms with Crippen molar-refractivity contribution in [2.45, 2.75) is 0 Å². The first kappa shape index (κ1) is 8.51. The summed E-state index contributed by atoms with van der Waals surface area (Å²) < 4.78 is 19.1. The molecule has 0 heterocycles. The minimum atomic E-state index is -1.96. The maximum atomic E-state index is 10.3. The summed E-state index contributed by atoms with van der Waals surface area (Å²) in [5, 5.41) is 0. The van der Waals surface area contributed by atoms with Gasteiger partial charge in [0.25, 0.3) is 7.05 Å². The van der Waals surface area contributed by atoms with E-state index in [2.05, 4.69) is 20.0 Å². The molecule has 9 heavy (non-hydrogen) atoms. The Morgan fingerprint density at radius 3 is 2.89 bits per heavy atom. The van der Waals surface area contributed by atoms with Crippen LogP contribution in [0.5, 0.6) is 0 Å². The normalized spacial score (nSPS) is 9.78. The second-order valence-corrected chi connectivity index (χ2v) is 2.13. The van der Waals surface area contributed by atoms with Crippen LogP contribution in [0.3, 0.4) is 0 Å². The highest BCUT2D eigenvalue weighted by Crippen LogP contribution is 2.20. The van der Waals surface area contributed by atoms with Crippen molar-refractivity contribution in [3.8, 4) is 6.07 Å². The summed E-state index contributed by atoms with van der Waals surface area (Å²) in [6.45, 7) is 0.111. The molecule has 0 aromatic rings. The van der Waals surface area contributed by atoms with Gasteiger partial charge in [-0.25, -0.2) is 0 Å². The Hall–Kier alpha value is -0.490. The lowest BCUT2D eigenvalue weighted by Gasteiger charge is -1.71. The van der Waals surface area contributed by atoms with Crippen LogP contribution in [0, 0.1) is 6.07 Å². The second kappa shape index (κ2) is 5.64. The van der Waals surface area contributed by atoms with Crippen molar-refractivity contribution in [3.63, 3.8) is 0 Å². The van der Waals surface area contributed by atoms with Crippen LogP contribution in [-0.4, -0.2) is 20.8 Å². The van der Waals surface area contributed by atoms with E-state index in [1.54, 1.807) is 7.05 Å². The monoisotopic (exact) mass is 149 g/mol. The van der Waals surface area contributed by atoms with Gasteiger partial charge in [0.2, 0.25) is 6.61 Å². The zero-order valence-corrected chi connectivity index (χ0v) is 6.22. The maximum Gasteiger partial charge on any atom is 0.698 e. The van der Waals surface area contributed by atoms with Crippen molar-refractivity contribution < 1.29 is 13.6 Å². The van der Waals surface area contributed by atoms with E-state index in [9.17, 15) is 4.57 Å². The molecule has 1 atom stereocenters. The summed E-state index contributed by atoms with van der Waals surface area (Å²) in [6, 6.07) is 2.45. The molecule has 5 heteroatoms. The lowest BCUT2D eigenvalue weighted by Crippen LogP contribution is -1.80. The van der Waals surface area contributed by atoms with Gasteiger partial charge in [-0.3, -0.25) is 0 Å². The lowest BCUT2D eigenvalue weighted by atomic mass is 10.8. The smallest absolute Gasteiger partial charge is 0.122 e. The summed E-state index contributed by atoms with van der Waals surface area (Å²) >= 11 is 0. The molecule has 0 aliphatic heterocycles. The summed E-state index contributed by atoms with van der Waals surface area (Å²) in [7, 11) is 0.904. The molecule has 0 bridgehead atoms. The van der Waals surface area contributed by atoms with Gasteiger partial charge in [0, 0.05) is 4.57 Å². The lowest BCUT2D eigenvalue weighted by molar-refractivity contribution is 0.283. The van der Waals surface area contributed by atoms with Crippen LogP contribution in [-0.2, 0) is 13.6 Å². The first-order valence-electron chi connectivity index (χ1n) is 2.27. The molecule has 0 spiro atoms. The number of rotatable bonds is 3. The van der Waals surface area contributed by atoms with Crippen LogP contribution in [0.4, 0.5) is 0 Å². The molecule has 0 amide bonds. The van der Waals surface area contributed by atoms with Crippen molar-refractivity contribution in [1.82, 2.24) is 0 Å². The van der Waals surface area contributed by atoms with Gasteiger partial charge in [-0.05, 0) is 0 Å². The minimum absolute atomic E-state index is 0.111. The summed E-state index contributed by atoms with van der Waals surface area (Å²) in [5.74, 6) is 0. The van der Waals surface area contributed by atoms with Crippen LogP contribution in [0.15, 0.2) is 0 Å². The van der Waals surface area contributed by atoms with E-state index in [0.717, 1.165) is 0 Å². The highest BCUT2D eigenvalue weighted by atomic mass is 31.1. The predicted octanol–water partition coefficient (Wildman–Crippen LogP) is 1.27. The van der Waals surface area contributed by atoms with Gasteiger partial charge in [-0.2, -0.15) is 0 Å². The van der Waals surface area contributed by atoms with Crippen molar-refractivity contribution in [3.05, 3.63) is 4.85 Å². The molecule has 0 saturated carbocycles. The van der Waals surface area contributed by atoms with Crippen molar-refractivity contribution >= 4 is 8.25 Å². The molecule has 0 saturated heterocycles. The van der Waals surface area contributed by atoms with E-state index < -0.39 is 8.25 Å². The molecule has 1 unspecified atom stereocenters. The third-order valence-corrected chi connectivity index (χ3v) is 1.18. The van der Waals surface area contributed by atoms with Crippen LogP contribution in [0.25, 0.3) is 4.85 Å². The van der Waals surface area contributed by atoms with Crippen LogP contribution < -0.4 is 0 Å². The van der Waals surface area contributed by atoms with Crippen LogP contribution in [0.1, 0.15) is 0 Å². The third-order valence-electron chi connectivity index (χ3n) is 0.542. The van der Waals surface area contributed by atoms with Crippen molar-refractivity contribution in [2.24, 2.45) is 0 Å². The average molecular weight is 149 g/mol. The van der Waals surface area contributed by atoms with Gasteiger partial charge in [0.1, 0.15) is 0 Å². The van der Waals surface area contributed by atoms with E-state index in [1.807, 2.05) is 0 Å². The molecule has 50 valence electrons. The Morgan fingerprint density at radius 1 is 1.78 bits per heavy atom. The van der Waals surface area contributed by atoms with Gasteiger partial charge >= 0.3 is 14.3 Å². The van der Waals surface area contributed by atoms with Crippen LogP contribution in [0.2, 0.25) is 0 Å². The summed E-state index contributed by atoms with van der Waals surface area (Å²) in [6.07, 6.45) is 0. The maximum absolute atomic E-state index is 10.3. The van der Waals surface area contributed by atoms with Crippen molar-refractivity contribution in [2.75, 3.05) is 20.8 Å². The first-order chi connectivity index (χ1) is 4.31. The van der Waals surface area contributed by atoms with Crippen LogP contribution >= 0.6 is 8.25 Å². The Morgan fingerprint density at radius 2 is 2.44 bits per heavy atom. The fourth-order valence-corrected chi connectivity index (χ4v) is 0.467. The SMILES string of the molecule is C[N+]#CCO[P+](=O)OC. The topological polar surface area (TPSA) is 39.9 Å². The Bertz CT molecular complexity index is 148. The van der Waals surface area contributed by atoms with E-state index in [0.29, 0.717) is 0 Å². The molecule has 0 aliphatic carbocycles. The fourth-order valence-electron chi connectivity index (χ4n) is 0.199. The van der Waals surface area contributed by atoms with Gasteiger partial charge in [0.05, 0.1) is 7.11 Å². The molecule has 4 nitrogen and oxygen atoms in total. The molecular formula is C4H8NO3P+2. The second-order valence-electron chi connectivity index (χ2n) is 1.06. The van der Waals surface area contributed by atoms with Gasteiger partial charge in [0.15, 0.2) is 0 Å². The molecule has 0 aliphatic rings. The number of nitrogens with zero attached hydrogens (tertiary/aromatic N) is 1. The number of hydrogen-bond donors (Lipinski definition) is 0.